The van der Waals surface area contributed by atoms with Gasteiger partial charge in [-0.25, -0.2) is 4.79 Å². The molecule has 0 heterocycles. The highest BCUT2D eigenvalue weighted by Crippen LogP contribution is 1.93. The van der Waals surface area contributed by atoms with Crippen molar-refractivity contribution < 1.29 is 14.3 Å². The van der Waals surface area contributed by atoms with Crippen LogP contribution in [-0.4, -0.2) is 20.2 Å². The second-order valence-electron chi connectivity index (χ2n) is 1.53. The van der Waals surface area contributed by atoms with Crippen molar-refractivity contribution in [1.29, 1.82) is 0 Å². The van der Waals surface area contributed by atoms with Crippen LogP contribution in [0, 0.1) is 0 Å². The zero-order valence-corrected chi connectivity index (χ0v) is 5.80. The van der Waals surface area contributed by atoms with Gasteiger partial charge < -0.3 is 9.47 Å². The standard InChI is InChI=1S/C6H10O3/c1-5(4-8-2)6(7)9-3/h4H,1-3H3/b5-4-. The van der Waals surface area contributed by atoms with E-state index in [1.807, 2.05) is 0 Å². The van der Waals surface area contributed by atoms with Crippen molar-refractivity contribution in [3.8, 4) is 0 Å². The van der Waals surface area contributed by atoms with Gasteiger partial charge in [-0.05, 0) is 6.92 Å². The minimum Gasteiger partial charge on any atom is -0.504 e. The van der Waals surface area contributed by atoms with Crippen molar-refractivity contribution in [1.82, 2.24) is 0 Å². The van der Waals surface area contributed by atoms with Crippen molar-refractivity contribution in [2.45, 2.75) is 6.92 Å². The van der Waals surface area contributed by atoms with Gasteiger partial charge in [-0.1, -0.05) is 0 Å². The normalized spacial score (nSPS) is 10.8. The van der Waals surface area contributed by atoms with Crippen molar-refractivity contribution in [3.05, 3.63) is 11.8 Å². The molecular formula is C6H10O3. The number of esters is 1. The first-order valence-corrected chi connectivity index (χ1v) is 2.50. The maximum atomic E-state index is 10.5. The first-order chi connectivity index (χ1) is 4.22. The van der Waals surface area contributed by atoms with E-state index in [4.69, 9.17) is 0 Å². The number of methoxy groups -OCH3 is 2. The summed E-state index contributed by atoms with van der Waals surface area (Å²) in [5.41, 5.74) is 0.458. The van der Waals surface area contributed by atoms with Gasteiger partial charge in [0.2, 0.25) is 0 Å². The molecule has 0 spiro atoms. The molecule has 0 unspecified atom stereocenters. The first-order valence-electron chi connectivity index (χ1n) is 2.50. The number of hydrogen-bond acceptors (Lipinski definition) is 3. The molecule has 0 saturated carbocycles. The zero-order valence-electron chi connectivity index (χ0n) is 5.80. The predicted octanol–water partition coefficient (Wildman–Crippen LogP) is 0.710. The van der Waals surface area contributed by atoms with Crippen LogP contribution in [0.5, 0.6) is 0 Å². The molecule has 0 saturated heterocycles. The molecule has 0 aromatic carbocycles. The average Bonchev–Trinajstić information content (AvgIpc) is 1.87. The highest BCUT2D eigenvalue weighted by atomic mass is 16.5. The Bertz CT molecular complexity index is 126. The summed E-state index contributed by atoms with van der Waals surface area (Å²) in [6.45, 7) is 1.62. The summed E-state index contributed by atoms with van der Waals surface area (Å²) in [6, 6.07) is 0. The SMILES string of the molecule is CO/C=C(/C)C(=O)OC. The number of hydrogen-bond donors (Lipinski definition) is 0. The second kappa shape index (κ2) is 3.95. The topological polar surface area (TPSA) is 35.5 Å². The van der Waals surface area contributed by atoms with Gasteiger partial charge in [-0.3, -0.25) is 0 Å². The molecule has 0 aromatic heterocycles. The van der Waals surface area contributed by atoms with Gasteiger partial charge in [0.15, 0.2) is 0 Å². The number of ether oxygens (including phenoxy) is 2. The van der Waals surface area contributed by atoms with Gasteiger partial charge in [-0.2, -0.15) is 0 Å². The molecule has 52 valence electrons. The molecule has 0 aliphatic heterocycles. The van der Waals surface area contributed by atoms with Crippen LogP contribution < -0.4 is 0 Å². The minimum atomic E-state index is -0.364. The Morgan fingerprint density at radius 2 is 2.00 bits per heavy atom. The lowest BCUT2D eigenvalue weighted by molar-refractivity contribution is -0.136. The fourth-order valence-corrected chi connectivity index (χ4v) is 0.386. The van der Waals surface area contributed by atoms with Gasteiger partial charge in [0, 0.05) is 0 Å². The first kappa shape index (κ1) is 8.01. The van der Waals surface area contributed by atoms with Crippen molar-refractivity contribution in [3.63, 3.8) is 0 Å². The summed E-state index contributed by atoms with van der Waals surface area (Å²) in [7, 11) is 2.81. The third-order valence-corrected chi connectivity index (χ3v) is 0.802. The van der Waals surface area contributed by atoms with Gasteiger partial charge in [0.25, 0.3) is 0 Å². The van der Waals surface area contributed by atoms with E-state index in [-0.39, 0.29) is 5.97 Å². The summed E-state index contributed by atoms with van der Waals surface area (Å²) in [5, 5.41) is 0. The van der Waals surface area contributed by atoms with Crippen LogP contribution in [0.1, 0.15) is 6.92 Å². The van der Waals surface area contributed by atoms with Gasteiger partial charge in [0.05, 0.1) is 26.1 Å². The van der Waals surface area contributed by atoms with Crippen LogP contribution in [-0.2, 0) is 14.3 Å². The van der Waals surface area contributed by atoms with E-state index in [2.05, 4.69) is 9.47 Å². The summed E-state index contributed by atoms with van der Waals surface area (Å²) < 4.78 is 8.94. The van der Waals surface area contributed by atoms with E-state index in [1.165, 1.54) is 20.5 Å². The zero-order chi connectivity index (χ0) is 7.28. The molecule has 3 heteroatoms. The molecule has 0 aliphatic carbocycles. The Balaban J connectivity index is 3.86. The molecule has 0 amide bonds. The summed E-state index contributed by atoms with van der Waals surface area (Å²) in [4.78, 5) is 10.5. The minimum absolute atomic E-state index is 0.364. The monoisotopic (exact) mass is 130 g/mol. The van der Waals surface area contributed by atoms with Crippen molar-refractivity contribution in [2.24, 2.45) is 0 Å². The lowest BCUT2D eigenvalue weighted by atomic mass is 10.3. The summed E-state index contributed by atoms with van der Waals surface area (Å²) in [6.07, 6.45) is 1.34. The van der Waals surface area contributed by atoms with Crippen molar-refractivity contribution >= 4 is 5.97 Å². The Morgan fingerprint density at radius 1 is 1.44 bits per heavy atom. The van der Waals surface area contributed by atoms with E-state index < -0.39 is 0 Å². The molecule has 0 rings (SSSR count). The maximum absolute atomic E-state index is 10.5. The highest BCUT2D eigenvalue weighted by molar-refractivity contribution is 5.87. The Morgan fingerprint density at radius 3 is 2.33 bits per heavy atom. The smallest absolute Gasteiger partial charge is 0.336 e. The molecule has 0 fully saturated rings. The molecule has 0 aliphatic rings. The lowest BCUT2D eigenvalue weighted by Crippen LogP contribution is -2.01. The van der Waals surface area contributed by atoms with E-state index in [1.54, 1.807) is 6.92 Å². The Labute approximate surface area is 54.3 Å². The van der Waals surface area contributed by atoms with Crippen LogP contribution in [0.2, 0.25) is 0 Å². The Kier molecular flexibility index (Phi) is 3.51. The molecule has 0 aromatic rings. The molecule has 9 heavy (non-hydrogen) atoms. The molecular weight excluding hydrogens is 120 g/mol. The summed E-state index contributed by atoms with van der Waals surface area (Å²) in [5.74, 6) is -0.364. The molecule has 3 nitrogen and oxygen atoms in total. The fourth-order valence-electron chi connectivity index (χ4n) is 0.386. The number of rotatable bonds is 2. The van der Waals surface area contributed by atoms with E-state index in [0.717, 1.165) is 0 Å². The van der Waals surface area contributed by atoms with Crippen LogP contribution in [0.15, 0.2) is 11.8 Å². The number of carbonyl (C=O) groups is 1. The second-order valence-corrected chi connectivity index (χ2v) is 1.53. The van der Waals surface area contributed by atoms with Crippen LogP contribution in [0.3, 0.4) is 0 Å². The van der Waals surface area contributed by atoms with Crippen LogP contribution in [0.25, 0.3) is 0 Å². The van der Waals surface area contributed by atoms with Crippen LogP contribution >= 0.6 is 0 Å². The predicted molar refractivity (Wildman–Crippen MR) is 32.8 cm³/mol. The largest absolute Gasteiger partial charge is 0.504 e. The summed E-state index contributed by atoms with van der Waals surface area (Å²) >= 11 is 0. The van der Waals surface area contributed by atoms with Gasteiger partial charge in [0.1, 0.15) is 0 Å². The third-order valence-electron chi connectivity index (χ3n) is 0.802. The molecule has 0 radical (unpaired) electrons. The van der Waals surface area contributed by atoms with E-state index >= 15 is 0 Å². The van der Waals surface area contributed by atoms with E-state index in [9.17, 15) is 4.79 Å². The van der Waals surface area contributed by atoms with Gasteiger partial charge in [-0.15, -0.1) is 0 Å². The van der Waals surface area contributed by atoms with Gasteiger partial charge >= 0.3 is 5.97 Å². The fraction of sp³-hybridized carbons (Fsp3) is 0.500. The highest BCUT2D eigenvalue weighted by Gasteiger charge is 2.00. The van der Waals surface area contributed by atoms with E-state index in [0.29, 0.717) is 5.57 Å². The molecule has 0 bridgehead atoms. The lowest BCUT2D eigenvalue weighted by Gasteiger charge is -1.95. The molecule has 0 N–H and O–H groups in total. The Hall–Kier alpha value is -0.990. The quantitative estimate of drug-likeness (QED) is 0.314. The van der Waals surface area contributed by atoms with Crippen LogP contribution in [0.4, 0.5) is 0 Å². The van der Waals surface area contributed by atoms with Crippen molar-refractivity contribution in [2.75, 3.05) is 14.2 Å². The average molecular weight is 130 g/mol. The third kappa shape index (κ3) is 2.74. The molecule has 0 atom stereocenters. The number of carbonyl (C=O) groups excluding carboxylic acids is 1. The maximum Gasteiger partial charge on any atom is 0.336 e.